The Labute approximate surface area is 153 Å². The third-order valence-electron chi connectivity index (χ3n) is 4.38. The Morgan fingerprint density at radius 1 is 1.04 bits per heavy atom. The average molecular weight is 349 g/mol. The molecule has 0 fully saturated rings. The van der Waals surface area contributed by atoms with Crippen LogP contribution in [0.3, 0.4) is 0 Å². The van der Waals surface area contributed by atoms with E-state index in [1.54, 1.807) is 12.1 Å². The standard InChI is InChI=1S/C21H23N3O2/c1-5-26-18-9-6-16(7-10-18)15(4)24-21(25)17-8-11-19-20(12-17)23-14(3)13(2)22-19/h6-12,15H,5H2,1-4H3,(H,24,25). The molecule has 0 radical (unpaired) electrons. The predicted octanol–water partition coefficient (Wildman–Crippen LogP) is 4.14. The molecule has 0 aliphatic carbocycles. The van der Waals surface area contributed by atoms with Crippen LogP contribution in [0.1, 0.15) is 47.2 Å². The van der Waals surface area contributed by atoms with E-state index in [0.717, 1.165) is 33.7 Å². The van der Waals surface area contributed by atoms with Gasteiger partial charge in [0.25, 0.3) is 5.91 Å². The first-order valence-electron chi connectivity index (χ1n) is 8.76. The third-order valence-corrected chi connectivity index (χ3v) is 4.38. The van der Waals surface area contributed by atoms with E-state index in [1.165, 1.54) is 0 Å². The fraction of sp³-hybridized carbons (Fsp3) is 0.286. The largest absolute Gasteiger partial charge is 0.494 e. The SMILES string of the molecule is CCOc1ccc(C(C)NC(=O)c2ccc3nc(C)c(C)nc3c2)cc1. The molecule has 1 amide bonds. The highest BCUT2D eigenvalue weighted by Gasteiger charge is 2.13. The van der Waals surface area contributed by atoms with Gasteiger partial charge in [0.1, 0.15) is 5.75 Å². The number of ether oxygens (including phenoxy) is 1. The number of amides is 1. The van der Waals surface area contributed by atoms with E-state index in [-0.39, 0.29) is 11.9 Å². The smallest absolute Gasteiger partial charge is 0.251 e. The van der Waals surface area contributed by atoms with Gasteiger partial charge in [0.15, 0.2) is 0 Å². The Morgan fingerprint density at radius 3 is 2.35 bits per heavy atom. The van der Waals surface area contributed by atoms with Gasteiger partial charge in [0.05, 0.1) is 35.1 Å². The van der Waals surface area contributed by atoms with Crippen LogP contribution in [0.15, 0.2) is 42.5 Å². The highest BCUT2D eigenvalue weighted by atomic mass is 16.5. The molecule has 1 unspecified atom stereocenters. The molecule has 0 aliphatic rings. The Bertz CT molecular complexity index is 936. The van der Waals surface area contributed by atoms with Gasteiger partial charge in [-0.05, 0) is 63.6 Å². The number of nitrogens with zero attached hydrogens (tertiary/aromatic N) is 2. The summed E-state index contributed by atoms with van der Waals surface area (Å²) in [5.74, 6) is 0.696. The first-order chi connectivity index (χ1) is 12.5. The van der Waals surface area contributed by atoms with Gasteiger partial charge < -0.3 is 10.1 Å². The molecule has 1 atom stereocenters. The molecule has 5 heteroatoms. The lowest BCUT2D eigenvalue weighted by molar-refractivity contribution is 0.0940. The summed E-state index contributed by atoms with van der Waals surface area (Å²) in [6.45, 7) is 8.40. The molecule has 2 aromatic carbocycles. The van der Waals surface area contributed by atoms with E-state index in [0.29, 0.717) is 12.2 Å². The molecule has 1 heterocycles. The van der Waals surface area contributed by atoms with Gasteiger partial charge in [-0.1, -0.05) is 12.1 Å². The molecule has 0 saturated carbocycles. The van der Waals surface area contributed by atoms with Crippen molar-refractivity contribution >= 4 is 16.9 Å². The second kappa shape index (κ2) is 7.52. The van der Waals surface area contributed by atoms with Crippen molar-refractivity contribution in [1.29, 1.82) is 0 Å². The Hall–Kier alpha value is -2.95. The Balaban J connectivity index is 1.76. The van der Waals surface area contributed by atoms with Crippen LogP contribution in [0.4, 0.5) is 0 Å². The number of aromatic nitrogens is 2. The van der Waals surface area contributed by atoms with Crippen LogP contribution in [0.5, 0.6) is 5.75 Å². The molecule has 0 aliphatic heterocycles. The highest BCUT2D eigenvalue weighted by Crippen LogP contribution is 2.19. The number of hydrogen-bond donors (Lipinski definition) is 1. The second-order valence-corrected chi connectivity index (χ2v) is 6.30. The first-order valence-corrected chi connectivity index (χ1v) is 8.76. The lowest BCUT2D eigenvalue weighted by Gasteiger charge is -2.15. The predicted molar refractivity (Wildman–Crippen MR) is 103 cm³/mol. The van der Waals surface area contributed by atoms with Crippen molar-refractivity contribution < 1.29 is 9.53 Å². The molecule has 3 aromatic rings. The van der Waals surface area contributed by atoms with E-state index in [1.807, 2.05) is 58.0 Å². The zero-order valence-corrected chi connectivity index (χ0v) is 15.5. The van der Waals surface area contributed by atoms with E-state index in [4.69, 9.17) is 4.74 Å². The topological polar surface area (TPSA) is 64.1 Å². The van der Waals surface area contributed by atoms with E-state index in [2.05, 4.69) is 15.3 Å². The number of carbonyl (C=O) groups is 1. The maximum atomic E-state index is 12.6. The lowest BCUT2D eigenvalue weighted by atomic mass is 10.1. The van der Waals surface area contributed by atoms with Crippen LogP contribution in [0.2, 0.25) is 0 Å². The zero-order chi connectivity index (χ0) is 18.7. The maximum Gasteiger partial charge on any atom is 0.251 e. The summed E-state index contributed by atoms with van der Waals surface area (Å²) in [4.78, 5) is 21.6. The van der Waals surface area contributed by atoms with Crippen LogP contribution in [0, 0.1) is 13.8 Å². The van der Waals surface area contributed by atoms with Gasteiger partial charge in [-0.25, -0.2) is 9.97 Å². The molecule has 26 heavy (non-hydrogen) atoms. The van der Waals surface area contributed by atoms with Crippen molar-refractivity contribution in [2.24, 2.45) is 0 Å². The van der Waals surface area contributed by atoms with Crippen molar-refractivity contribution in [2.45, 2.75) is 33.7 Å². The fourth-order valence-electron chi connectivity index (χ4n) is 2.75. The minimum absolute atomic E-state index is 0.111. The molecule has 0 saturated heterocycles. The van der Waals surface area contributed by atoms with Crippen molar-refractivity contribution in [3.63, 3.8) is 0 Å². The summed E-state index contributed by atoms with van der Waals surface area (Å²) in [6, 6.07) is 13.1. The zero-order valence-electron chi connectivity index (χ0n) is 15.5. The quantitative estimate of drug-likeness (QED) is 0.752. The van der Waals surface area contributed by atoms with Crippen LogP contribution in [-0.2, 0) is 0 Å². The Morgan fingerprint density at radius 2 is 1.69 bits per heavy atom. The summed E-state index contributed by atoms with van der Waals surface area (Å²) in [5, 5.41) is 3.03. The molecular weight excluding hydrogens is 326 g/mol. The van der Waals surface area contributed by atoms with Gasteiger partial charge in [0, 0.05) is 5.56 Å². The number of aryl methyl sites for hydroxylation is 2. The average Bonchev–Trinajstić information content (AvgIpc) is 2.63. The third kappa shape index (κ3) is 3.82. The van der Waals surface area contributed by atoms with Crippen molar-refractivity contribution in [3.8, 4) is 5.75 Å². The van der Waals surface area contributed by atoms with E-state index >= 15 is 0 Å². The molecule has 3 rings (SSSR count). The summed E-state index contributed by atoms with van der Waals surface area (Å²) in [5.41, 5.74) is 4.90. The molecule has 134 valence electrons. The molecule has 1 aromatic heterocycles. The van der Waals surface area contributed by atoms with Crippen molar-refractivity contribution in [2.75, 3.05) is 6.61 Å². The molecular formula is C21H23N3O2. The number of rotatable bonds is 5. The highest BCUT2D eigenvalue weighted by molar-refractivity contribution is 5.97. The van der Waals surface area contributed by atoms with Crippen LogP contribution >= 0.6 is 0 Å². The van der Waals surface area contributed by atoms with E-state index < -0.39 is 0 Å². The van der Waals surface area contributed by atoms with Crippen LogP contribution < -0.4 is 10.1 Å². The number of nitrogens with one attached hydrogen (secondary N) is 1. The number of fused-ring (bicyclic) bond motifs is 1. The van der Waals surface area contributed by atoms with E-state index in [9.17, 15) is 4.79 Å². The number of carbonyl (C=O) groups excluding carboxylic acids is 1. The summed E-state index contributed by atoms with van der Waals surface area (Å²) >= 11 is 0. The van der Waals surface area contributed by atoms with Gasteiger partial charge in [-0.15, -0.1) is 0 Å². The van der Waals surface area contributed by atoms with Gasteiger partial charge >= 0.3 is 0 Å². The lowest BCUT2D eigenvalue weighted by Crippen LogP contribution is -2.26. The van der Waals surface area contributed by atoms with Crippen molar-refractivity contribution in [3.05, 3.63) is 65.0 Å². The minimum atomic E-state index is -0.131. The summed E-state index contributed by atoms with van der Waals surface area (Å²) in [6.07, 6.45) is 0. The monoisotopic (exact) mass is 349 g/mol. The minimum Gasteiger partial charge on any atom is -0.494 e. The molecule has 1 N–H and O–H groups in total. The molecule has 0 spiro atoms. The van der Waals surface area contributed by atoms with Crippen LogP contribution in [-0.4, -0.2) is 22.5 Å². The normalized spacial score (nSPS) is 12.0. The first kappa shape index (κ1) is 17.9. The summed E-state index contributed by atoms with van der Waals surface area (Å²) < 4.78 is 5.45. The van der Waals surface area contributed by atoms with Crippen LogP contribution in [0.25, 0.3) is 11.0 Å². The fourth-order valence-corrected chi connectivity index (χ4v) is 2.75. The summed E-state index contributed by atoms with van der Waals surface area (Å²) in [7, 11) is 0. The number of benzene rings is 2. The van der Waals surface area contributed by atoms with Gasteiger partial charge in [-0.3, -0.25) is 4.79 Å². The van der Waals surface area contributed by atoms with Gasteiger partial charge in [-0.2, -0.15) is 0 Å². The Kier molecular flexibility index (Phi) is 5.16. The maximum absolute atomic E-state index is 12.6. The van der Waals surface area contributed by atoms with Crippen molar-refractivity contribution in [1.82, 2.24) is 15.3 Å². The molecule has 5 nitrogen and oxygen atoms in total. The molecule has 0 bridgehead atoms. The second-order valence-electron chi connectivity index (χ2n) is 6.30. The number of hydrogen-bond acceptors (Lipinski definition) is 4. The van der Waals surface area contributed by atoms with Gasteiger partial charge in [0.2, 0.25) is 0 Å².